The smallest absolute Gasteiger partial charge is 0.351 e. The Balaban J connectivity index is 2.17. The summed E-state index contributed by atoms with van der Waals surface area (Å²) in [6.07, 6.45) is -0.971. The number of halogens is 4. The Kier molecular flexibility index (Phi) is 5.28. The van der Waals surface area contributed by atoms with E-state index >= 15 is 0 Å². The van der Waals surface area contributed by atoms with Crippen molar-refractivity contribution in [2.75, 3.05) is 18.4 Å². The maximum atomic E-state index is 14.5. The van der Waals surface area contributed by atoms with Crippen LogP contribution in [0.5, 0.6) is 0 Å². The van der Waals surface area contributed by atoms with E-state index in [0.717, 1.165) is 31.4 Å². The number of pyridine rings is 1. The molecule has 3 rings (SSSR count). The largest absolute Gasteiger partial charge is 0.403 e. The monoisotopic (exact) mass is 383 g/mol. The summed E-state index contributed by atoms with van der Waals surface area (Å²) >= 11 is 0. The molecule has 1 aliphatic heterocycles. The number of hydrogen-bond acceptors (Lipinski definition) is 3. The van der Waals surface area contributed by atoms with Gasteiger partial charge in [0, 0.05) is 24.0 Å². The standard InChI is InChI=1S/C19H21F4N3O/c1-2-3-4-8-24-11-18(19(21,22)23)13-7-9-25-17(27)16(13)26-15-6-5-12(20)10-14(15)18/h5-7,9-10,24,26H,2-4,8,11H2,1H3,(H,25,27). The minimum Gasteiger partial charge on any atom is -0.351 e. The average Bonchev–Trinajstić information content (AvgIpc) is 2.61. The highest BCUT2D eigenvalue weighted by Crippen LogP contribution is 2.53. The summed E-state index contributed by atoms with van der Waals surface area (Å²) < 4.78 is 57.4. The van der Waals surface area contributed by atoms with Crippen LogP contribution in [0.25, 0.3) is 0 Å². The fourth-order valence-electron chi connectivity index (χ4n) is 3.59. The molecule has 0 spiro atoms. The van der Waals surface area contributed by atoms with Crippen LogP contribution in [0.4, 0.5) is 28.9 Å². The van der Waals surface area contributed by atoms with Crippen LogP contribution in [0.3, 0.4) is 0 Å². The summed E-state index contributed by atoms with van der Waals surface area (Å²) in [5, 5.41) is 5.61. The Bertz CT molecular complexity index is 878. The highest BCUT2D eigenvalue weighted by atomic mass is 19.4. The molecule has 0 fully saturated rings. The van der Waals surface area contributed by atoms with Crippen molar-refractivity contribution in [3.8, 4) is 0 Å². The first kappa shape index (κ1) is 19.4. The first-order valence-corrected chi connectivity index (χ1v) is 8.88. The third kappa shape index (κ3) is 3.34. The fraction of sp³-hybridized carbons (Fsp3) is 0.421. The number of aromatic amines is 1. The molecule has 4 nitrogen and oxygen atoms in total. The van der Waals surface area contributed by atoms with Crippen molar-refractivity contribution in [3.63, 3.8) is 0 Å². The van der Waals surface area contributed by atoms with Gasteiger partial charge in [-0.1, -0.05) is 19.8 Å². The van der Waals surface area contributed by atoms with E-state index in [4.69, 9.17) is 0 Å². The summed E-state index contributed by atoms with van der Waals surface area (Å²) in [5.74, 6) is -0.761. The number of rotatable bonds is 6. The molecule has 8 heteroatoms. The number of unbranched alkanes of at least 4 members (excludes halogenated alkanes) is 2. The van der Waals surface area contributed by atoms with Crippen LogP contribution in [0.2, 0.25) is 0 Å². The SMILES string of the molecule is CCCCCNCC1(C(F)(F)F)c2cc(F)ccc2Nc2c1cc[nH]c2=O. The molecule has 0 amide bonds. The van der Waals surface area contributed by atoms with E-state index in [1.54, 1.807) is 0 Å². The molecule has 2 heterocycles. The maximum Gasteiger partial charge on any atom is 0.403 e. The molecule has 2 aromatic rings. The first-order valence-electron chi connectivity index (χ1n) is 8.88. The second-order valence-corrected chi connectivity index (χ2v) is 6.70. The van der Waals surface area contributed by atoms with Crippen LogP contribution in [-0.4, -0.2) is 24.2 Å². The second-order valence-electron chi connectivity index (χ2n) is 6.70. The lowest BCUT2D eigenvalue weighted by atomic mass is 9.70. The van der Waals surface area contributed by atoms with Crippen molar-refractivity contribution in [2.45, 2.75) is 37.8 Å². The van der Waals surface area contributed by atoms with Gasteiger partial charge in [0.15, 0.2) is 0 Å². The van der Waals surface area contributed by atoms with Gasteiger partial charge in [-0.25, -0.2) is 4.39 Å². The van der Waals surface area contributed by atoms with Crippen LogP contribution in [0, 0.1) is 5.82 Å². The molecule has 0 bridgehead atoms. The molecule has 0 saturated carbocycles. The zero-order valence-corrected chi connectivity index (χ0v) is 14.8. The van der Waals surface area contributed by atoms with Gasteiger partial charge in [-0.15, -0.1) is 0 Å². The van der Waals surface area contributed by atoms with Gasteiger partial charge in [0.2, 0.25) is 0 Å². The maximum absolute atomic E-state index is 14.5. The number of fused-ring (bicyclic) bond motifs is 2. The van der Waals surface area contributed by atoms with Crippen LogP contribution < -0.4 is 16.2 Å². The van der Waals surface area contributed by atoms with Gasteiger partial charge >= 0.3 is 6.18 Å². The molecule has 0 radical (unpaired) electrons. The lowest BCUT2D eigenvalue weighted by molar-refractivity contribution is -0.177. The van der Waals surface area contributed by atoms with Crippen LogP contribution >= 0.6 is 0 Å². The number of hydrogen-bond donors (Lipinski definition) is 3. The third-order valence-electron chi connectivity index (χ3n) is 4.95. The third-order valence-corrected chi connectivity index (χ3v) is 4.95. The molecule has 3 N–H and O–H groups in total. The average molecular weight is 383 g/mol. The molecule has 146 valence electrons. The van der Waals surface area contributed by atoms with Gasteiger partial charge in [0.05, 0.1) is 0 Å². The molecular weight excluding hydrogens is 362 g/mol. The van der Waals surface area contributed by atoms with Crippen molar-refractivity contribution in [3.05, 3.63) is 57.8 Å². The van der Waals surface area contributed by atoms with E-state index in [1.807, 2.05) is 6.92 Å². The van der Waals surface area contributed by atoms with Crippen molar-refractivity contribution in [1.29, 1.82) is 0 Å². The van der Waals surface area contributed by atoms with E-state index in [1.165, 1.54) is 18.3 Å². The first-order chi connectivity index (χ1) is 12.8. The Morgan fingerprint density at radius 2 is 1.93 bits per heavy atom. The van der Waals surface area contributed by atoms with Crippen LogP contribution in [0.1, 0.15) is 37.3 Å². The van der Waals surface area contributed by atoms with Crippen molar-refractivity contribution in [1.82, 2.24) is 10.3 Å². The predicted molar refractivity (Wildman–Crippen MR) is 96.0 cm³/mol. The lowest BCUT2D eigenvalue weighted by Crippen LogP contribution is -2.53. The number of aromatic nitrogens is 1. The van der Waals surface area contributed by atoms with Gasteiger partial charge in [0.25, 0.3) is 5.56 Å². The topological polar surface area (TPSA) is 56.9 Å². The molecule has 1 unspecified atom stereocenters. The van der Waals surface area contributed by atoms with Crippen molar-refractivity contribution in [2.24, 2.45) is 0 Å². The van der Waals surface area contributed by atoms with Crippen molar-refractivity contribution >= 4 is 11.4 Å². The Hall–Kier alpha value is -2.35. The van der Waals surface area contributed by atoms with E-state index in [9.17, 15) is 22.4 Å². The Morgan fingerprint density at radius 3 is 2.63 bits per heavy atom. The molecule has 1 aromatic carbocycles. The summed E-state index contributed by atoms with van der Waals surface area (Å²) in [5.41, 5.74) is -3.69. The van der Waals surface area contributed by atoms with E-state index in [0.29, 0.717) is 6.54 Å². The molecular formula is C19H21F4N3O. The Labute approximate surface area is 154 Å². The quantitative estimate of drug-likeness (QED) is 0.518. The number of nitrogens with one attached hydrogen (secondary N) is 3. The predicted octanol–water partition coefficient (Wildman–Crippen LogP) is 4.20. The minimum atomic E-state index is -4.74. The molecule has 1 atom stereocenters. The number of H-pyrrole nitrogens is 1. The van der Waals surface area contributed by atoms with Gasteiger partial charge in [-0.05, 0) is 42.8 Å². The normalized spacial score (nSPS) is 18.6. The van der Waals surface area contributed by atoms with Gasteiger partial charge < -0.3 is 15.6 Å². The van der Waals surface area contributed by atoms with Crippen LogP contribution in [0.15, 0.2) is 35.3 Å². The van der Waals surface area contributed by atoms with Gasteiger partial charge in [-0.2, -0.15) is 13.2 Å². The number of benzene rings is 1. The fourth-order valence-corrected chi connectivity index (χ4v) is 3.59. The van der Waals surface area contributed by atoms with E-state index < -0.39 is 29.5 Å². The van der Waals surface area contributed by atoms with E-state index in [-0.39, 0.29) is 22.5 Å². The highest BCUT2D eigenvalue weighted by Gasteiger charge is 2.60. The summed E-state index contributed by atoms with van der Waals surface area (Å²) in [4.78, 5) is 14.6. The zero-order chi connectivity index (χ0) is 19.7. The van der Waals surface area contributed by atoms with Gasteiger partial charge in [-0.3, -0.25) is 4.79 Å². The lowest BCUT2D eigenvalue weighted by Gasteiger charge is -2.42. The van der Waals surface area contributed by atoms with Crippen molar-refractivity contribution < 1.29 is 17.6 Å². The van der Waals surface area contributed by atoms with E-state index in [2.05, 4.69) is 15.6 Å². The highest BCUT2D eigenvalue weighted by molar-refractivity contribution is 5.76. The van der Waals surface area contributed by atoms with Crippen LogP contribution in [-0.2, 0) is 5.41 Å². The zero-order valence-electron chi connectivity index (χ0n) is 14.8. The summed E-state index contributed by atoms with van der Waals surface area (Å²) in [6, 6.07) is 4.44. The minimum absolute atomic E-state index is 0.0771. The molecule has 1 aliphatic rings. The number of anilines is 2. The summed E-state index contributed by atoms with van der Waals surface area (Å²) in [7, 11) is 0. The van der Waals surface area contributed by atoms with Gasteiger partial charge in [0.1, 0.15) is 16.9 Å². The molecule has 0 aliphatic carbocycles. The Morgan fingerprint density at radius 1 is 1.15 bits per heavy atom. The second kappa shape index (κ2) is 7.34. The summed E-state index contributed by atoms with van der Waals surface area (Å²) in [6.45, 7) is 1.93. The molecule has 1 aromatic heterocycles. The molecule has 27 heavy (non-hydrogen) atoms. The number of alkyl halides is 3. The molecule has 0 saturated heterocycles.